The van der Waals surface area contributed by atoms with Gasteiger partial charge in [0.05, 0.1) is 6.54 Å². The Bertz CT molecular complexity index is 756. The second-order valence-corrected chi connectivity index (χ2v) is 5.71. The van der Waals surface area contributed by atoms with E-state index in [0.717, 1.165) is 11.4 Å². The molecule has 1 N–H and O–H groups in total. The molecular formula is C18H19N3O3. The highest BCUT2D eigenvalue weighted by Gasteiger charge is 2.23. The summed E-state index contributed by atoms with van der Waals surface area (Å²) in [5.74, 6) is -0.174. The van der Waals surface area contributed by atoms with E-state index < -0.39 is 0 Å². The molecule has 0 unspecified atom stereocenters. The first-order chi connectivity index (χ1) is 11.5. The van der Waals surface area contributed by atoms with Gasteiger partial charge in [0.25, 0.3) is 5.91 Å². The number of anilines is 3. The van der Waals surface area contributed by atoms with Crippen molar-refractivity contribution >= 4 is 29.1 Å². The first kappa shape index (κ1) is 15.9. The zero-order valence-corrected chi connectivity index (χ0v) is 13.7. The molecule has 1 aliphatic heterocycles. The van der Waals surface area contributed by atoms with E-state index in [2.05, 4.69) is 5.32 Å². The lowest BCUT2D eigenvalue weighted by atomic mass is 10.1. The number of amides is 2. The Morgan fingerprint density at radius 1 is 1.17 bits per heavy atom. The van der Waals surface area contributed by atoms with Crippen molar-refractivity contribution < 1.29 is 14.3 Å². The van der Waals surface area contributed by atoms with Crippen molar-refractivity contribution in [2.45, 2.75) is 0 Å². The summed E-state index contributed by atoms with van der Waals surface area (Å²) in [6, 6.07) is 14.5. The number of rotatable bonds is 4. The smallest absolute Gasteiger partial charge is 0.414 e. The van der Waals surface area contributed by atoms with Gasteiger partial charge < -0.3 is 15.0 Å². The fraction of sp³-hybridized carbons (Fsp3) is 0.222. The molecular weight excluding hydrogens is 306 g/mol. The summed E-state index contributed by atoms with van der Waals surface area (Å²) < 4.78 is 4.92. The minimum Gasteiger partial charge on any atom is -0.447 e. The fourth-order valence-electron chi connectivity index (χ4n) is 2.48. The Kier molecular flexibility index (Phi) is 4.37. The summed E-state index contributed by atoms with van der Waals surface area (Å²) in [6.07, 6.45) is -0.340. The van der Waals surface area contributed by atoms with Crippen molar-refractivity contribution in [3.05, 3.63) is 54.1 Å². The van der Waals surface area contributed by atoms with Crippen LogP contribution in [0.25, 0.3) is 0 Å². The van der Waals surface area contributed by atoms with Gasteiger partial charge in [0.2, 0.25) is 0 Å². The minimum absolute atomic E-state index is 0.174. The molecule has 0 saturated carbocycles. The van der Waals surface area contributed by atoms with E-state index in [1.165, 1.54) is 0 Å². The van der Waals surface area contributed by atoms with E-state index in [4.69, 9.17) is 4.74 Å². The van der Waals surface area contributed by atoms with Gasteiger partial charge in [-0.25, -0.2) is 4.79 Å². The van der Waals surface area contributed by atoms with Crippen LogP contribution in [0.1, 0.15) is 10.4 Å². The largest absolute Gasteiger partial charge is 0.447 e. The Morgan fingerprint density at radius 2 is 1.92 bits per heavy atom. The van der Waals surface area contributed by atoms with Crippen molar-refractivity contribution in [3.63, 3.8) is 0 Å². The molecule has 2 aromatic rings. The van der Waals surface area contributed by atoms with E-state index in [-0.39, 0.29) is 12.0 Å². The average molecular weight is 325 g/mol. The molecule has 0 bridgehead atoms. The average Bonchev–Trinajstić information content (AvgIpc) is 3.01. The molecule has 0 aromatic heterocycles. The first-order valence-corrected chi connectivity index (χ1v) is 7.68. The van der Waals surface area contributed by atoms with Gasteiger partial charge in [-0.2, -0.15) is 0 Å². The molecule has 2 aromatic carbocycles. The predicted octanol–water partition coefficient (Wildman–Crippen LogP) is 2.96. The van der Waals surface area contributed by atoms with E-state index in [0.29, 0.717) is 24.4 Å². The molecule has 1 aliphatic rings. The molecule has 24 heavy (non-hydrogen) atoms. The van der Waals surface area contributed by atoms with Crippen LogP contribution < -0.4 is 15.1 Å². The normalized spacial score (nSPS) is 13.6. The fourth-order valence-corrected chi connectivity index (χ4v) is 2.48. The van der Waals surface area contributed by atoms with Gasteiger partial charge in [0, 0.05) is 36.7 Å². The van der Waals surface area contributed by atoms with Crippen LogP contribution in [0, 0.1) is 0 Å². The molecule has 1 heterocycles. The Labute approximate surface area is 140 Å². The van der Waals surface area contributed by atoms with Crippen molar-refractivity contribution in [3.8, 4) is 0 Å². The number of hydrogen-bond donors (Lipinski definition) is 1. The van der Waals surface area contributed by atoms with Gasteiger partial charge in [0.1, 0.15) is 6.61 Å². The SMILES string of the molecule is CN(C)c1cccc(C(=O)Nc2ccc(N3CCOC3=O)cc2)c1. The van der Waals surface area contributed by atoms with Gasteiger partial charge >= 0.3 is 6.09 Å². The summed E-state index contributed by atoms with van der Waals surface area (Å²) in [7, 11) is 3.86. The van der Waals surface area contributed by atoms with Crippen LogP contribution in [-0.2, 0) is 4.74 Å². The molecule has 6 nitrogen and oxygen atoms in total. The van der Waals surface area contributed by atoms with Crippen molar-refractivity contribution in [1.82, 2.24) is 0 Å². The lowest BCUT2D eigenvalue weighted by molar-refractivity contribution is 0.102. The summed E-state index contributed by atoms with van der Waals surface area (Å²) in [5.41, 5.74) is 2.98. The zero-order chi connectivity index (χ0) is 17.1. The predicted molar refractivity (Wildman–Crippen MR) is 93.9 cm³/mol. The lowest BCUT2D eigenvalue weighted by Crippen LogP contribution is -2.23. The number of cyclic esters (lactones) is 1. The van der Waals surface area contributed by atoms with Gasteiger partial charge in [-0.1, -0.05) is 6.07 Å². The third-order valence-corrected chi connectivity index (χ3v) is 3.82. The molecule has 1 saturated heterocycles. The van der Waals surface area contributed by atoms with Gasteiger partial charge in [-0.15, -0.1) is 0 Å². The maximum absolute atomic E-state index is 12.4. The van der Waals surface area contributed by atoms with Crippen molar-refractivity contribution in [1.29, 1.82) is 0 Å². The van der Waals surface area contributed by atoms with Crippen molar-refractivity contribution in [2.24, 2.45) is 0 Å². The third-order valence-electron chi connectivity index (χ3n) is 3.82. The van der Waals surface area contributed by atoms with Gasteiger partial charge in [-0.05, 0) is 42.5 Å². The number of nitrogens with one attached hydrogen (secondary N) is 1. The second kappa shape index (κ2) is 6.62. The minimum atomic E-state index is -0.340. The number of hydrogen-bond acceptors (Lipinski definition) is 4. The van der Waals surface area contributed by atoms with E-state index in [1.54, 1.807) is 35.2 Å². The van der Waals surface area contributed by atoms with Gasteiger partial charge in [0.15, 0.2) is 0 Å². The Morgan fingerprint density at radius 3 is 2.54 bits per heavy atom. The standard InChI is InChI=1S/C18H19N3O3/c1-20(2)16-5-3-4-13(12-16)17(22)19-14-6-8-15(9-7-14)21-10-11-24-18(21)23/h3-9,12H,10-11H2,1-2H3,(H,19,22). The third kappa shape index (κ3) is 3.32. The van der Waals surface area contributed by atoms with Crippen LogP contribution in [-0.4, -0.2) is 39.2 Å². The highest BCUT2D eigenvalue weighted by Crippen LogP contribution is 2.22. The molecule has 3 rings (SSSR count). The summed E-state index contributed by atoms with van der Waals surface area (Å²) in [4.78, 5) is 27.4. The highest BCUT2D eigenvalue weighted by molar-refractivity contribution is 6.05. The second-order valence-electron chi connectivity index (χ2n) is 5.71. The monoisotopic (exact) mass is 325 g/mol. The molecule has 0 atom stereocenters. The molecule has 6 heteroatoms. The summed E-state index contributed by atoms with van der Waals surface area (Å²) in [5, 5.41) is 2.86. The van der Waals surface area contributed by atoms with Crippen LogP contribution in [0.15, 0.2) is 48.5 Å². The van der Waals surface area contributed by atoms with E-state index in [1.807, 2.05) is 37.2 Å². The highest BCUT2D eigenvalue weighted by atomic mass is 16.6. The first-order valence-electron chi connectivity index (χ1n) is 7.68. The lowest BCUT2D eigenvalue weighted by Gasteiger charge is -2.14. The van der Waals surface area contributed by atoms with Crippen LogP contribution >= 0.6 is 0 Å². The number of benzene rings is 2. The molecule has 2 amide bonds. The maximum Gasteiger partial charge on any atom is 0.414 e. The Balaban J connectivity index is 1.70. The van der Waals surface area contributed by atoms with Crippen LogP contribution in [0.2, 0.25) is 0 Å². The molecule has 124 valence electrons. The van der Waals surface area contributed by atoms with E-state index in [9.17, 15) is 9.59 Å². The number of carbonyl (C=O) groups is 2. The number of nitrogens with zero attached hydrogens (tertiary/aromatic N) is 2. The van der Waals surface area contributed by atoms with Crippen LogP contribution in [0.4, 0.5) is 21.9 Å². The maximum atomic E-state index is 12.4. The van der Waals surface area contributed by atoms with Gasteiger partial charge in [-0.3, -0.25) is 9.69 Å². The van der Waals surface area contributed by atoms with E-state index >= 15 is 0 Å². The molecule has 0 radical (unpaired) electrons. The van der Waals surface area contributed by atoms with Crippen LogP contribution in [0.3, 0.4) is 0 Å². The number of carbonyl (C=O) groups excluding carboxylic acids is 2. The molecule has 0 aliphatic carbocycles. The van der Waals surface area contributed by atoms with Crippen LogP contribution in [0.5, 0.6) is 0 Å². The molecule has 1 fully saturated rings. The molecule has 0 spiro atoms. The topological polar surface area (TPSA) is 61.9 Å². The summed E-state index contributed by atoms with van der Waals surface area (Å²) in [6.45, 7) is 0.946. The number of ether oxygens (including phenoxy) is 1. The zero-order valence-electron chi connectivity index (χ0n) is 13.7. The Hall–Kier alpha value is -3.02. The quantitative estimate of drug-likeness (QED) is 0.939. The summed E-state index contributed by atoms with van der Waals surface area (Å²) >= 11 is 0. The van der Waals surface area contributed by atoms with Crippen molar-refractivity contribution in [2.75, 3.05) is 42.4 Å².